The SMILES string of the molecule is COc1cc2cc(CCNC(=O)CC(C)(C)C)c(=O)[nH]c2cc1Cl. The number of aromatic amines is 1. The number of H-pyrrole nitrogens is 1. The van der Waals surface area contributed by atoms with Crippen LogP contribution in [0, 0.1) is 5.41 Å². The summed E-state index contributed by atoms with van der Waals surface area (Å²) in [6.07, 6.45) is 0.920. The number of pyridine rings is 1. The first-order valence-electron chi connectivity index (χ1n) is 7.86. The van der Waals surface area contributed by atoms with Crippen LogP contribution in [0.3, 0.4) is 0 Å². The number of hydrogen-bond donors (Lipinski definition) is 2. The van der Waals surface area contributed by atoms with E-state index in [-0.39, 0.29) is 16.9 Å². The maximum atomic E-state index is 12.2. The quantitative estimate of drug-likeness (QED) is 0.869. The molecule has 0 fully saturated rings. The summed E-state index contributed by atoms with van der Waals surface area (Å²) in [6, 6.07) is 5.27. The van der Waals surface area contributed by atoms with Crippen molar-refractivity contribution in [2.75, 3.05) is 13.7 Å². The van der Waals surface area contributed by atoms with E-state index in [0.29, 0.717) is 41.2 Å². The van der Waals surface area contributed by atoms with E-state index in [1.165, 1.54) is 0 Å². The number of methoxy groups -OCH3 is 1. The van der Waals surface area contributed by atoms with Gasteiger partial charge in [0.05, 0.1) is 17.6 Å². The van der Waals surface area contributed by atoms with E-state index in [2.05, 4.69) is 10.3 Å². The second kappa shape index (κ2) is 7.26. The Morgan fingerprint density at radius 2 is 2.00 bits per heavy atom. The largest absolute Gasteiger partial charge is 0.495 e. The number of fused-ring (bicyclic) bond motifs is 1. The van der Waals surface area contributed by atoms with Gasteiger partial charge in [0.1, 0.15) is 5.75 Å². The number of benzene rings is 1. The highest BCUT2D eigenvalue weighted by atomic mass is 35.5. The van der Waals surface area contributed by atoms with E-state index in [9.17, 15) is 9.59 Å². The molecule has 0 spiro atoms. The van der Waals surface area contributed by atoms with Crippen LogP contribution in [0.25, 0.3) is 10.9 Å². The van der Waals surface area contributed by atoms with Crippen molar-refractivity contribution in [3.63, 3.8) is 0 Å². The molecule has 130 valence electrons. The molecular weight excluding hydrogens is 328 g/mol. The van der Waals surface area contributed by atoms with Crippen molar-refractivity contribution >= 4 is 28.4 Å². The second-order valence-corrected chi connectivity index (χ2v) is 7.44. The average molecular weight is 351 g/mol. The van der Waals surface area contributed by atoms with Gasteiger partial charge in [-0.25, -0.2) is 0 Å². The lowest BCUT2D eigenvalue weighted by Crippen LogP contribution is -2.30. The number of amides is 1. The fraction of sp³-hybridized carbons (Fsp3) is 0.444. The predicted molar refractivity (Wildman–Crippen MR) is 96.9 cm³/mol. The monoisotopic (exact) mass is 350 g/mol. The minimum absolute atomic E-state index is 0.00633. The summed E-state index contributed by atoms with van der Waals surface area (Å²) < 4.78 is 5.20. The second-order valence-electron chi connectivity index (χ2n) is 7.04. The Bertz CT molecular complexity index is 806. The molecule has 0 aliphatic rings. The van der Waals surface area contributed by atoms with Crippen LogP contribution < -0.4 is 15.6 Å². The molecule has 0 atom stereocenters. The number of ether oxygens (including phenoxy) is 1. The maximum Gasteiger partial charge on any atom is 0.251 e. The Labute approximate surface area is 146 Å². The molecule has 6 heteroatoms. The predicted octanol–water partition coefficient (Wildman–Crippen LogP) is 3.29. The van der Waals surface area contributed by atoms with E-state index >= 15 is 0 Å². The number of halogens is 1. The smallest absolute Gasteiger partial charge is 0.251 e. The van der Waals surface area contributed by atoms with Crippen molar-refractivity contribution in [1.29, 1.82) is 0 Å². The Morgan fingerprint density at radius 1 is 1.29 bits per heavy atom. The first-order chi connectivity index (χ1) is 11.2. The lowest BCUT2D eigenvalue weighted by Gasteiger charge is -2.17. The normalized spacial score (nSPS) is 11.5. The fourth-order valence-corrected chi connectivity index (χ4v) is 2.72. The highest BCUT2D eigenvalue weighted by molar-refractivity contribution is 6.32. The summed E-state index contributed by atoms with van der Waals surface area (Å²) in [6.45, 7) is 6.46. The summed E-state index contributed by atoms with van der Waals surface area (Å²) >= 11 is 6.07. The summed E-state index contributed by atoms with van der Waals surface area (Å²) in [5, 5.41) is 4.14. The molecule has 0 unspecified atom stereocenters. The minimum atomic E-state index is -0.172. The Hall–Kier alpha value is -2.01. The van der Waals surface area contributed by atoms with E-state index in [1.807, 2.05) is 26.8 Å². The minimum Gasteiger partial charge on any atom is -0.495 e. The van der Waals surface area contributed by atoms with Crippen LogP contribution in [0.1, 0.15) is 32.8 Å². The molecular formula is C18H23ClN2O3. The van der Waals surface area contributed by atoms with Gasteiger partial charge in [0.25, 0.3) is 5.56 Å². The van der Waals surface area contributed by atoms with Gasteiger partial charge < -0.3 is 15.0 Å². The third-order valence-electron chi connectivity index (χ3n) is 3.60. The Morgan fingerprint density at radius 3 is 2.62 bits per heavy atom. The van der Waals surface area contributed by atoms with Gasteiger partial charge in [-0.2, -0.15) is 0 Å². The molecule has 0 saturated carbocycles. The van der Waals surface area contributed by atoms with Gasteiger partial charge >= 0.3 is 0 Å². The standard InChI is InChI=1S/C18H23ClN2O3/c1-18(2,3)10-16(22)20-6-5-11-7-12-8-15(24-4)13(19)9-14(12)21-17(11)23/h7-9H,5-6,10H2,1-4H3,(H,20,22)(H,21,23). The summed E-state index contributed by atoms with van der Waals surface area (Å²) in [4.78, 5) is 26.8. The van der Waals surface area contributed by atoms with Crippen molar-refractivity contribution in [3.8, 4) is 5.75 Å². The molecule has 1 amide bonds. The summed E-state index contributed by atoms with van der Waals surface area (Å²) in [5.41, 5.74) is 1.04. The molecule has 0 saturated heterocycles. The van der Waals surface area contributed by atoms with Crippen molar-refractivity contribution in [2.45, 2.75) is 33.6 Å². The molecule has 2 rings (SSSR count). The number of aromatic nitrogens is 1. The summed E-state index contributed by atoms with van der Waals surface area (Å²) in [5.74, 6) is 0.550. The van der Waals surface area contributed by atoms with Crippen LogP contribution in [0.2, 0.25) is 5.02 Å². The number of carbonyl (C=O) groups is 1. The number of hydrogen-bond acceptors (Lipinski definition) is 3. The van der Waals surface area contributed by atoms with Crippen LogP contribution in [-0.4, -0.2) is 24.5 Å². The first kappa shape index (κ1) is 18.3. The van der Waals surface area contributed by atoms with E-state index < -0.39 is 0 Å². The van der Waals surface area contributed by atoms with Gasteiger partial charge in [-0.1, -0.05) is 32.4 Å². The van der Waals surface area contributed by atoms with Crippen molar-refractivity contribution in [3.05, 3.63) is 39.1 Å². The van der Waals surface area contributed by atoms with Crippen molar-refractivity contribution in [1.82, 2.24) is 10.3 Å². The average Bonchev–Trinajstić information content (AvgIpc) is 2.45. The van der Waals surface area contributed by atoms with Gasteiger partial charge in [-0.05, 0) is 30.0 Å². The highest BCUT2D eigenvalue weighted by Crippen LogP contribution is 2.28. The molecule has 2 N–H and O–H groups in total. The fourth-order valence-electron chi connectivity index (χ4n) is 2.48. The Balaban J connectivity index is 2.12. The van der Waals surface area contributed by atoms with Gasteiger partial charge in [0, 0.05) is 23.9 Å². The van der Waals surface area contributed by atoms with Crippen LogP contribution in [-0.2, 0) is 11.2 Å². The lowest BCUT2D eigenvalue weighted by molar-refractivity contribution is -0.122. The van der Waals surface area contributed by atoms with Crippen LogP contribution in [0.15, 0.2) is 23.0 Å². The molecule has 0 bridgehead atoms. The van der Waals surface area contributed by atoms with Crippen LogP contribution in [0.5, 0.6) is 5.75 Å². The molecule has 0 aliphatic carbocycles. The van der Waals surface area contributed by atoms with Gasteiger partial charge in [-0.3, -0.25) is 9.59 Å². The van der Waals surface area contributed by atoms with Crippen LogP contribution >= 0.6 is 11.6 Å². The Kier molecular flexibility index (Phi) is 5.54. The molecule has 0 aliphatic heterocycles. The first-order valence-corrected chi connectivity index (χ1v) is 8.23. The highest BCUT2D eigenvalue weighted by Gasteiger charge is 2.15. The maximum absolute atomic E-state index is 12.2. The molecule has 0 radical (unpaired) electrons. The molecule has 24 heavy (non-hydrogen) atoms. The summed E-state index contributed by atoms with van der Waals surface area (Å²) in [7, 11) is 1.55. The van der Waals surface area contributed by atoms with Crippen molar-refractivity contribution < 1.29 is 9.53 Å². The number of rotatable bonds is 5. The third kappa shape index (κ3) is 4.74. The van der Waals surface area contributed by atoms with Gasteiger partial charge in [0.15, 0.2) is 0 Å². The van der Waals surface area contributed by atoms with E-state index in [1.54, 1.807) is 19.2 Å². The molecule has 2 aromatic rings. The molecule has 1 heterocycles. The number of nitrogens with one attached hydrogen (secondary N) is 2. The van der Waals surface area contributed by atoms with Crippen molar-refractivity contribution in [2.24, 2.45) is 5.41 Å². The topological polar surface area (TPSA) is 71.2 Å². The lowest BCUT2D eigenvalue weighted by atomic mass is 9.92. The molecule has 1 aromatic heterocycles. The number of carbonyl (C=O) groups excluding carboxylic acids is 1. The zero-order chi connectivity index (χ0) is 17.9. The zero-order valence-electron chi connectivity index (χ0n) is 14.5. The van der Waals surface area contributed by atoms with Gasteiger partial charge in [-0.15, -0.1) is 0 Å². The van der Waals surface area contributed by atoms with E-state index in [0.717, 1.165) is 5.39 Å². The van der Waals surface area contributed by atoms with Gasteiger partial charge in [0.2, 0.25) is 5.91 Å². The van der Waals surface area contributed by atoms with E-state index in [4.69, 9.17) is 16.3 Å². The molecule has 1 aromatic carbocycles. The van der Waals surface area contributed by atoms with Crippen LogP contribution in [0.4, 0.5) is 0 Å². The molecule has 5 nitrogen and oxygen atoms in total. The third-order valence-corrected chi connectivity index (χ3v) is 3.90. The zero-order valence-corrected chi connectivity index (χ0v) is 15.2.